The molecule has 46 heavy (non-hydrogen) atoms. The van der Waals surface area contributed by atoms with Crippen molar-refractivity contribution in [1.82, 2.24) is 34.2 Å². The van der Waals surface area contributed by atoms with E-state index in [9.17, 15) is 22.8 Å². The largest absolute Gasteiger partial charge is 0.471 e. The lowest BCUT2D eigenvalue weighted by atomic mass is 10.2. The molecule has 0 saturated carbocycles. The van der Waals surface area contributed by atoms with Crippen LogP contribution in [0.15, 0.2) is 67.3 Å². The summed E-state index contributed by atoms with van der Waals surface area (Å²) in [6.45, 7) is 3.43. The second-order valence-electron chi connectivity index (χ2n) is 10.9. The number of ether oxygens (including phenoxy) is 1. The van der Waals surface area contributed by atoms with Crippen LogP contribution in [-0.4, -0.2) is 91.7 Å². The summed E-state index contributed by atoms with van der Waals surface area (Å²) in [5, 5.41) is 16.0. The van der Waals surface area contributed by atoms with Gasteiger partial charge in [-0.3, -0.25) is 19.7 Å². The fraction of sp³-hybridized carbons (Fsp3) is 0.323. The number of benzene rings is 2. The SMILES string of the molecule is CCc1c(NC(=O)OCCN2CCN(C(=O)C(F)(F)F)CC2)cn2ncnc(Nc3ccc4c(cnn4Cc4ccccc4)c3)c12. The summed E-state index contributed by atoms with van der Waals surface area (Å²) in [4.78, 5) is 31.2. The van der Waals surface area contributed by atoms with Crippen molar-refractivity contribution in [3.05, 3.63) is 78.4 Å². The van der Waals surface area contributed by atoms with Gasteiger partial charge < -0.3 is 15.0 Å². The monoisotopic (exact) mass is 635 g/mol. The van der Waals surface area contributed by atoms with Crippen LogP contribution >= 0.6 is 0 Å². The maximum absolute atomic E-state index is 12.7. The lowest BCUT2D eigenvalue weighted by Gasteiger charge is -2.34. The molecule has 15 heteroatoms. The van der Waals surface area contributed by atoms with Crippen molar-refractivity contribution < 1.29 is 27.5 Å². The smallest absolute Gasteiger partial charge is 0.448 e. The van der Waals surface area contributed by atoms with Crippen LogP contribution in [0.5, 0.6) is 0 Å². The number of aryl methyl sites for hydroxylation is 1. The number of rotatable bonds is 9. The van der Waals surface area contributed by atoms with Gasteiger partial charge in [0.05, 0.1) is 30.1 Å². The van der Waals surface area contributed by atoms with E-state index in [-0.39, 0.29) is 32.8 Å². The molecule has 0 spiro atoms. The molecule has 1 aliphatic rings. The molecular weight excluding hydrogens is 603 g/mol. The Morgan fingerprint density at radius 2 is 1.80 bits per heavy atom. The predicted octanol–water partition coefficient (Wildman–Crippen LogP) is 4.69. The highest BCUT2D eigenvalue weighted by Gasteiger charge is 2.43. The molecule has 4 heterocycles. The van der Waals surface area contributed by atoms with E-state index in [2.05, 4.69) is 37.9 Å². The fourth-order valence-electron chi connectivity index (χ4n) is 5.58. The van der Waals surface area contributed by atoms with Gasteiger partial charge in [0.1, 0.15) is 18.5 Å². The van der Waals surface area contributed by atoms with Gasteiger partial charge in [-0.15, -0.1) is 0 Å². The van der Waals surface area contributed by atoms with Crippen molar-refractivity contribution in [2.24, 2.45) is 0 Å². The summed E-state index contributed by atoms with van der Waals surface area (Å²) in [7, 11) is 0. The number of piperazine rings is 1. The molecule has 0 radical (unpaired) electrons. The molecule has 2 aromatic carbocycles. The van der Waals surface area contributed by atoms with Crippen LogP contribution in [-0.2, 0) is 22.5 Å². The topological polar surface area (TPSA) is 122 Å². The Labute approximate surface area is 261 Å². The molecule has 1 saturated heterocycles. The summed E-state index contributed by atoms with van der Waals surface area (Å²) >= 11 is 0. The first-order valence-corrected chi connectivity index (χ1v) is 14.8. The third-order valence-electron chi connectivity index (χ3n) is 7.89. The number of amides is 2. The number of hydrogen-bond acceptors (Lipinski definition) is 8. The first-order valence-electron chi connectivity index (χ1n) is 14.8. The van der Waals surface area contributed by atoms with Crippen LogP contribution in [0.4, 0.5) is 35.2 Å². The number of nitrogens with one attached hydrogen (secondary N) is 2. The zero-order chi connectivity index (χ0) is 32.3. The molecule has 1 fully saturated rings. The summed E-state index contributed by atoms with van der Waals surface area (Å²) in [6, 6.07) is 16.1. The molecule has 0 atom stereocenters. The van der Waals surface area contributed by atoms with Crippen LogP contribution in [0.1, 0.15) is 18.1 Å². The number of aromatic nitrogens is 5. The fourth-order valence-corrected chi connectivity index (χ4v) is 5.58. The van der Waals surface area contributed by atoms with Crippen LogP contribution in [0.3, 0.4) is 0 Å². The van der Waals surface area contributed by atoms with E-state index < -0.39 is 18.2 Å². The minimum Gasteiger partial charge on any atom is -0.448 e. The highest BCUT2D eigenvalue weighted by molar-refractivity contribution is 5.91. The normalized spacial score (nSPS) is 14.1. The summed E-state index contributed by atoms with van der Waals surface area (Å²) in [6.07, 6.45) is -0.0335. The zero-order valence-corrected chi connectivity index (χ0v) is 25.0. The minimum absolute atomic E-state index is 0.0326. The van der Waals surface area contributed by atoms with E-state index in [1.54, 1.807) is 10.7 Å². The number of fused-ring (bicyclic) bond motifs is 2. The summed E-state index contributed by atoms with van der Waals surface area (Å²) in [5.74, 6) is -1.27. The standard InChI is InChI=1S/C31H32F3N9O3/c1-2-24-25(39-30(45)46-15-14-40-10-12-41(13-11-40)29(44)31(32,33)34)19-43-27(24)28(35-20-37-43)38-23-8-9-26-22(16-23)17-36-42(26)18-21-6-4-3-5-7-21/h3-9,16-17,19-20H,2,10-15,18H2,1H3,(H,39,45)(H,35,37,38). The number of nitrogens with zero attached hydrogens (tertiary/aromatic N) is 7. The van der Waals surface area contributed by atoms with Gasteiger partial charge >= 0.3 is 18.2 Å². The highest BCUT2D eigenvalue weighted by Crippen LogP contribution is 2.30. The second kappa shape index (κ2) is 13.0. The lowest BCUT2D eigenvalue weighted by Crippen LogP contribution is -2.52. The van der Waals surface area contributed by atoms with Crippen LogP contribution in [0.25, 0.3) is 16.4 Å². The third kappa shape index (κ3) is 6.73. The number of anilines is 3. The molecule has 12 nitrogen and oxygen atoms in total. The molecule has 3 aromatic heterocycles. The van der Waals surface area contributed by atoms with Gasteiger partial charge in [-0.25, -0.2) is 14.3 Å². The molecule has 2 amide bonds. The van der Waals surface area contributed by atoms with E-state index >= 15 is 0 Å². The maximum Gasteiger partial charge on any atom is 0.471 e. The van der Waals surface area contributed by atoms with Gasteiger partial charge in [0.25, 0.3) is 0 Å². The Kier molecular flexibility index (Phi) is 8.74. The second-order valence-corrected chi connectivity index (χ2v) is 10.9. The van der Waals surface area contributed by atoms with Gasteiger partial charge in [-0.1, -0.05) is 37.3 Å². The quantitative estimate of drug-likeness (QED) is 0.239. The molecule has 0 unspecified atom stereocenters. The van der Waals surface area contributed by atoms with Gasteiger partial charge in [-0.05, 0) is 30.2 Å². The molecular formula is C31H32F3N9O3. The van der Waals surface area contributed by atoms with E-state index in [0.717, 1.165) is 32.6 Å². The number of alkyl halides is 3. The Balaban J connectivity index is 1.08. The average molecular weight is 636 g/mol. The summed E-state index contributed by atoms with van der Waals surface area (Å²) in [5.41, 5.74) is 5.00. The van der Waals surface area contributed by atoms with Crippen LogP contribution < -0.4 is 10.6 Å². The zero-order valence-electron chi connectivity index (χ0n) is 25.0. The maximum atomic E-state index is 12.7. The first kappa shape index (κ1) is 30.8. The first-order chi connectivity index (χ1) is 22.2. The molecule has 5 aromatic rings. The van der Waals surface area contributed by atoms with Crippen molar-refractivity contribution in [2.45, 2.75) is 26.1 Å². The summed E-state index contributed by atoms with van der Waals surface area (Å²) < 4.78 is 47.0. The van der Waals surface area contributed by atoms with Crippen molar-refractivity contribution in [1.29, 1.82) is 0 Å². The van der Waals surface area contributed by atoms with Crippen molar-refractivity contribution in [2.75, 3.05) is 50.0 Å². The highest BCUT2D eigenvalue weighted by atomic mass is 19.4. The van der Waals surface area contributed by atoms with E-state index in [4.69, 9.17) is 4.74 Å². The molecule has 6 rings (SSSR count). The third-order valence-corrected chi connectivity index (χ3v) is 7.89. The Bertz CT molecular complexity index is 1850. The van der Waals surface area contributed by atoms with Crippen LogP contribution in [0, 0.1) is 0 Å². The van der Waals surface area contributed by atoms with Crippen molar-refractivity contribution >= 4 is 45.6 Å². The minimum atomic E-state index is -4.88. The lowest BCUT2D eigenvalue weighted by molar-refractivity contribution is -0.187. The van der Waals surface area contributed by atoms with Gasteiger partial charge in [0.2, 0.25) is 0 Å². The Hall–Kier alpha value is -5.18. The van der Waals surface area contributed by atoms with Gasteiger partial charge in [0.15, 0.2) is 5.82 Å². The molecule has 1 aliphatic heterocycles. The van der Waals surface area contributed by atoms with Gasteiger partial charge in [0, 0.05) is 49.4 Å². The van der Waals surface area contributed by atoms with Crippen molar-refractivity contribution in [3.8, 4) is 0 Å². The molecule has 2 N–H and O–H groups in total. The average Bonchev–Trinajstić information content (AvgIpc) is 3.61. The van der Waals surface area contributed by atoms with E-state index in [1.165, 1.54) is 6.33 Å². The Morgan fingerprint density at radius 3 is 2.54 bits per heavy atom. The number of carbonyl (C=O) groups excluding carboxylic acids is 2. The van der Waals surface area contributed by atoms with E-state index in [1.807, 2.05) is 59.1 Å². The number of halogens is 3. The van der Waals surface area contributed by atoms with E-state index in [0.29, 0.717) is 36.5 Å². The predicted molar refractivity (Wildman–Crippen MR) is 165 cm³/mol. The van der Waals surface area contributed by atoms with Crippen molar-refractivity contribution in [3.63, 3.8) is 0 Å². The number of hydrogen-bond donors (Lipinski definition) is 2. The van der Waals surface area contributed by atoms with Gasteiger partial charge in [-0.2, -0.15) is 23.4 Å². The Morgan fingerprint density at radius 1 is 1.02 bits per heavy atom. The number of carbonyl (C=O) groups is 2. The molecule has 0 bridgehead atoms. The molecule has 0 aliphatic carbocycles. The van der Waals surface area contributed by atoms with Crippen LogP contribution in [0.2, 0.25) is 0 Å². The molecule has 240 valence electrons.